The Morgan fingerprint density at radius 3 is 2.13 bits per heavy atom. The molecule has 2 aromatic rings. The second kappa shape index (κ2) is 10.6. The van der Waals surface area contributed by atoms with E-state index in [2.05, 4.69) is 0 Å². The summed E-state index contributed by atoms with van der Waals surface area (Å²) in [6.07, 6.45) is -0.478. The largest absolute Gasteiger partial charge is 0.496 e. The summed E-state index contributed by atoms with van der Waals surface area (Å²) < 4.78 is 31.8. The number of rotatable bonds is 8. The topological polar surface area (TPSA) is 44.8 Å². The molecule has 0 spiro atoms. The molecule has 3 atom stereocenters. The molecule has 1 heterocycles. The van der Waals surface area contributed by atoms with E-state index in [0.29, 0.717) is 18.1 Å². The van der Waals surface area contributed by atoms with E-state index in [9.17, 15) is 4.79 Å². The van der Waals surface area contributed by atoms with Crippen LogP contribution in [0.2, 0.25) is 0 Å². The minimum absolute atomic E-state index is 0.000854. The molecule has 1 unspecified atom stereocenters. The lowest BCUT2D eigenvalue weighted by atomic mass is 10.1. The Kier molecular flexibility index (Phi) is 7.94. The predicted octanol–water partition coefficient (Wildman–Crippen LogP) is 5.26. The molecule has 0 amide bonds. The number of carbonyl (C=O) groups excluding carboxylic acids is 1. The number of halogens is 1. The smallest absolute Gasteiger partial charge is 0.302 e. The van der Waals surface area contributed by atoms with Crippen LogP contribution in [0.5, 0.6) is 0 Å². The minimum Gasteiger partial charge on any atom is -0.496 e. The summed E-state index contributed by atoms with van der Waals surface area (Å²) in [5.74, 6) is -0.423. The van der Waals surface area contributed by atoms with Crippen molar-refractivity contribution in [1.82, 2.24) is 0 Å². The molecule has 0 aromatic heterocycles. The Hall–Kier alpha value is -2.31. The minimum atomic E-state index is -1.30. The molecular weight excluding hydrogens is 403 g/mol. The first-order chi connectivity index (χ1) is 14.4. The van der Waals surface area contributed by atoms with E-state index in [0.717, 1.165) is 16.7 Å². The van der Waals surface area contributed by atoms with E-state index in [-0.39, 0.29) is 6.61 Å². The van der Waals surface area contributed by atoms with Crippen molar-refractivity contribution in [2.24, 2.45) is 0 Å². The first-order valence-corrected chi connectivity index (χ1v) is 10.8. The molecule has 6 heteroatoms. The van der Waals surface area contributed by atoms with Gasteiger partial charge >= 0.3 is 5.97 Å². The van der Waals surface area contributed by atoms with Crippen LogP contribution in [-0.4, -0.2) is 30.1 Å². The molecule has 1 saturated heterocycles. The van der Waals surface area contributed by atoms with Crippen molar-refractivity contribution in [3.63, 3.8) is 0 Å². The van der Waals surface area contributed by atoms with Gasteiger partial charge in [0.05, 0.1) is 23.0 Å². The van der Waals surface area contributed by atoms with Gasteiger partial charge in [0.15, 0.2) is 0 Å². The van der Waals surface area contributed by atoms with Crippen LogP contribution in [0.25, 0.3) is 0 Å². The van der Waals surface area contributed by atoms with E-state index in [4.69, 9.17) is 14.2 Å². The zero-order chi connectivity index (χ0) is 21.5. The summed E-state index contributed by atoms with van der Waals surface area (Å²) in [5.41, 5.74) is 4.35. The molecule has 2 aromatic carbocycles. The molecule has 3 rings (SSSR count). The van der Waals surface area contributed by atoms with Crippen molar-refractivity contribution >= 4 is 17.7 Å². The van der Waals surface area contributed by atoms with Gasteiger partial charge in [0.1, 0.15) is 25.5 Å². The highest BCUT2D eigenvalue weighted by Crippen LogP contribution is 2.42. The number of alkyl halides is 1. The van der Waals surface area contributed by atoms with Gasteiger partial charge in [-0.25, -0.2) is 4.39 Å². The van der Waals surface area contributed by atoms with Crippen LogP contribution < -0.4 is 0 Å². The number of carbonyl (C=O) groups is 1. The molecular formula is C24H27FO4S. The second-order valence-electron chi connectivity index (χ2n) is 7.44. The second-order valence-corrected chi connectivity index (χ2v) is 8.75. The van der Waals surface area contributed by atoms with Gasteiger partial charge in [0, 0.05) is 6.92 Å². The highest BCUT2D eigenvalue weighted by Gasteiger charge is 2.43. The van der Waals surface area contributed by atoms with Crippen molar-refractivity contribution in [2.75, 3.05) is 6.61 Å². The molecule has 30 heavy (non-hydrogen) atoms. The average Bonchev–Trinajstić information content (AvgIpc) is 3.02. The summed E-state index contributed by atoms with van der Waals surface area (Å²) in [4.78, 5) is 11.8. The van der Waals surface area contributed by atoms with Crippen LogP contribution >= 0.6 is 11.8 Å². The highest BCUT2D eigenvalue weighted by molar-refractivity contribution is 8.04. The fourth-order valence-electron chi connectivity index (χ4n) is 3.03. The van der Waals surface area contributed by atoms with Gasteiger partial charge in [-0.15, -0.1) is 11.8 Å². The zero-order valence-corrected chi connectivity index (χ0v) is 18.3. The first-order valence-electron chi connectivity index (χ1n) is 9.91. The Morgan fingerprint density at radius 2 is 1.57 bits per heavy atom. The lowest BCUT2D eigenvalue weighted by Gasteiger charge is -2.17. The predicted molar refractivity (Wildman–Crippen MR) is 117 cm³/mol. The third-order valence-corrected chi connectivity index (χ3v) is 6.08. The quantitative estimate of drug-likeness (QED) is 0.422. The molecule has 160 valence electrons. The first kappa shape index (κ1) is 22.4. The average molecular weight is 431 g/mol. The normalized spacial score (nSPS) is 22.3. The number of thioether (sulfide) groups is 1. The van der Waals surface area contributed by atoms with Gasteiger partial charge in [-0.2, -0.15) is 0 Å². The fraction of sp³-hybridized carbons (Fsp3) is 0.375. The lowest BCUT2D eigenvalue weighted by molar-refractivity contribution is -0.141. The van der Waals surface area contributed by atoms with Gasteiger partial charge in [0.2, 0.25) is 0 Å². The van der Waals surface area contributed by atoms with Crippen molar-refractivity contribution in [3.05, 3.63) is 82.0 Å². The van der Waals surface area contributed by atoms with Crippen LogP contribution in [0.15, 0.2) is 59.7 Å². The Morgan fingerprint density at radius 1 is 1.00 bits per heavy atom. The Bertz CT molecular complexity index is 864. The number of benzene rings is 2. The van der Waals surface area contributed by atoms with Gasteiger partial charge in [-0.3, -0.25) is 4.79 Å². The summed E-state index contributed by atoms with van der Waals surface area (Å²) >= 11 is 1.30. The number of hydrogen-bond donors (Lipinski definition) is 0. The van der Waals surface area contributed by atoms with E-state index in [1.165, 1.54) is 24.2 Å². The molecule has 1 aliphatic rings. The molecule has 0 bridgehead atoms. The molecule has 0 saturated carbocycles. The lowest BCUT2D eigenvalue weighted by Crippen LogP contribution is -2.30. The summed E-state index contributed by atoms with van der Waals surface area (Å²) in [5, 5.41) is -0.522. The van der Waals surface area contributed by atoms with Crippen molar-refractivity contribution in [3.8, 4) is 0 Å². The molecule has 0 aliphatic carbocycles. The van der Waals surface area contributed by atoms with Crippen LogP contribution in [-0.2, 0) is 32.2 Å². The third kappa shape index (κ3) is 6.34. The highest BCUT2D eigenvalue weighted by atomic mass is 32.2. The van der Waals surface area contributed by atoms with Gasteiger partial charge in [0.25, 0.3) is 0 Å². The van der Waals surface area contributed by atoms with E-state index in [1.54, 1.807) is 6.26 Å². The maximum absolute atomic E-state index is 15.1. The number of esters is 1. The molecule has 1 fully saturated rings. The number of aryl methyl sites for hydroxylation is 2. The monoisotopic (exact) mass is 430 g/mol. The molecule has 0 N–H and O–H groups in total. The third-order valence-electron chi connectivity index (χ3n) is 4.78. The van der Waals surface area contributed by atoms with Crippen LogP contribution in [0.3, 0.4) is 0 Å². The fourth-order valence-corrected chi connectivity index (χ4v) is 4.24. The number of ether oxygens (including phenoxy) is 3. The van der Waals surface area contributed by atoms with Crippen LogP contribution in [0.4, 0.5) is 4.39 Å². The Labute approximate surface area is 181 Å². The van der Waals surface area contributed by atoms with Crippen molar-refractivity contribution < 1.29 is 23.4 Å². The summed E-state index contributed by atoms with van der Waals surface area (Å²) in [7, 11) is 0. The molecule has 0 radical (unpaired) electrons. The summed E-state index contributed by atoms with van der Waals surface area (Å²) in [6, 6.07) is 16.0. The van der Waals surface area contributed by atoms with E-state index >= 15 is 4.39 Å². The van der Waals surface area contributed by atoms with Gasteiger partial charge in [-0.05, 0) is 25.0 Å². The maximum atomic E-state index is 15.1. The van der Waals surface area contributed by atoms with Crippen LogP contribution in [0, 0.1) is 13.8 Å². The van der Waals surface area contributed by atoms with Crippen LogP contribution in [0.1, 0.15) is 29.2 Å². The van der Waals surface area contributed by atoms with Gasteiger partial charge < -0.3 is 14.2 Å². The zero-order valence-electron chi connectivity index (χ0n) is 17.5. The van der Waals surface area contributed by atoms with Crippen molar-refractivity contribution in [1.29, 1.82) is 0 Å². The van der Waals surface area contributed by atoms with E-state index in [1.807, 2.05) is 62.4 Å². The van der Waals surface area contributed by atoms with Crippen molar-refractivity contribution in [2.45, 2.75) is 51.5 Å². The number of hydrogen-bond acceptors (Lipinski definition) is 5. The maximum Gasteiger partial charge on any atom is 0.302 e. The molecule has 1 aliphatic heterocycles. The standard InChI is InChI=1S/C24H27FO4S/c1-16-4-8-19(9-5-16)12-27-14-22-24(23(25)21(30-22)15-28-18(3)26)29-13-20-10-6-17(2)7-11-20/h4-11,14,21,23-24H,12-13,15H2,1-3H3/b22-14+/t21?,23-,24-/m1/s1. The SMILES string of the molecule is CC(=O)OCC1S/C(=C/OCc2ccc(C)cc2)[C@@H](OCc2ccc(C)cc2)[C@@H]1F. The van der Waals surface area contributed by atoms with E-state index < -0.39 is 23.5 Å². The summed E-state index contributed by atoms with van der Waals surface area (Å²) in [6.45, 7) is 6.05. The Balaban J connectivity index is 1.66. The molecule has 4 nitrogen and oxygen atoms in total. The van der Waals surface area contributed by atoms with Gasteiger partial charge in [-0.1, -0.05) is 59.7 Å².